The molecule has 2 aliphatic rings. The van der Waals surface area contributed by atoms with Crippen LogP contribution in [0.1, 0.15) is 11.3 Å². The van der Waals surface area contributed by atoms with E-state index in [1.165, 1.54) is 4.88 Å². The molecule has 2 aromatic heterocycles. The van der Waals surface area contributed by atoms with Crippen molar-refractivity contribution in [3.8, 4) is 0 Å². The van der Waals surface area contributed by atoms with Gasteiger partial charge in [0.1, 0.15) is 12.7 Å². The summed E-state index contributed by atoms with van der Waals surface area (Å²) in [5.41, 5.74) is 1.67. The maximum Gasteiger partial charge on any atom is 0.224 e. The van der Waals surface area contributed by atoms with Crippen LogP contribution in [0, 0.1) is 11.3 Å². The summed E-state index contributed by atoms with van der Waals surface area (Å²) in [5, 5.41) is 17.6. The fourth-order valence-corrected chi connectivity index (χ4v) is 4.72. The molecule has 0 radical (unpaired) electrons. The second kappa shape index (κ2) is 6.81. The summed E-state index contributed by atoms with van der Waals surface area (Å²) in [6.07, 6.45) is 5.60. The van der Waals surface area contributed by atoms with Gasteiger partial charge in [-0.1, -0.05) is 0 Å². The summed E-state index contributed by atoms with van der Waals surface area (Å²) < 4.78 is 1.81. The normalized spacial score (nSPS) is 26.3. The van der Waals surface area contributed by atoms with Gasteiger partial charge < -0.3 is 14.6 Å². The molecule has 0 aromatic carbocycles. The van der Waals surface area contributed by atoms with Crippen molar-refractivity contribution in [1.82, 2.24) is 29.5 Å². The molecule has 0 aliphatic carbocycles. The van der Waals surface area contributed by atoms with Crippen LogP contribution < -0.4 is 0 Å². The van der Waals surface area contributed by atoms with Gasteiger partial charge in [-0.25, -0.2) is 0 Å². The monoisotopic (exact) mass is 362 g/mol. The number of aryl methyl sites for hydroxylation is 1. The SMILES string of the molecule is O=C(CCn1cnnc1)N1C[C@@H]2CN(Cc3cncs3)C[C@]2(CO)C1. The first-order valence-electron chi connectivity index (χ1n) is 8.49. The lowest BCUT2D eigenvalue weighted by molar-refractivity contribution is -0.131. The summed E-state index contributed by atoms with van der Waals surface area (Å²) in [6.45, 7) is 4.75. The summed E-state index contributed by atoms with van der Waals surface area (Å²) in [6, 6.07) is 0. The highest BCUT2D eigenvalue weighted by atomic mass is 32.1. The van der Waals surface area contributed by atoms with Crippen molar-refractivity contribution in [2.24, 2.45) is 11.3 Å². The fourth-order valence-electron chi connectivity index (χ4n) is 4.09. The Hall–Kier alpha value is -1.84. The van der Waals surface area contributed by atoms with Crippen molar-refractivity contribution in [3.63, 3.8) is 0 Å². The molecule has 0 bridgehead atoms. The van der Waals surface area contributed by atoms with Gasteiger partial charge in [-0.3, -0.25) is 14.7 Å². The van der Waals surface area contributed by atoms with Gasteiger partial charge in [0.15, 0.2) is 0 Å². The van der Waals surface area contributed by atoms with Crippen molar-refractivity contribution < 1.29 is 9.90 Å². The lowest BCUT2D eigenvalue weighted by atomic mass is 9.82. The average molecular weight is 362 g/mol. The fraction of sp³-hybridized carbons (Fsp3) is 0.625. The molecule has 4 heterocycles. The second-order valence-corrected chi connectivity index (χ2v) is 8.05. The Kier molecular flexibility index (Phi) is 4.53. The lowest BCUT2D eigenvalue weighted by Crippen LogP contribution is -2.39. The smallest absolute Gasteiger partial charge is 0.224 e. The van der Waals surface area contributed by atoms with Crippen LogP contribution in [0.15, 0.2) is 24.4 Å². The van der Waals surface area contributed by atoms with Gasteiger partial charge in [0.2, 0.25) is 5.91 Å². The molecule has 2 saturated heterocycles. The Morgan fingerprint density at radius 3 is 2.84 bits per heavy atom. The topological polar surface area (TPSA) is 87.4 Å². The molecular weight excluding hydrogens is 340 g/mol. The third-order valence-corrected chi connectivity index (χ3v) is 6.17. The maximum absolute atomic E-state index is 12.5. The van der Waals surface area contributed by atoms with E-state index >= 15 is 0 Å². The minimum Gasteiger partial charge on any atom is -0.396 e. The van der Waals surface area contributed by atoms with Crippen LogP contribution in [0.5, 0.6) is 0 Å². The van der Waals surface area contributed by atoms with E-state index < -0.39 is 0 Å². The second-order valence-electron chi connectivity index (χ2n) is 7.08. The molecule has 2 aliphatic heterocycles. The van der Waals surface area contributed by atoms with Gasteiger partial charge in [0.05, 0.1) is 12.1 Å². The Bertz CT molecular complexity index is 706. The molecular formula is C16H22N6O2S. The molecule has 4 rings (SSSR count). The van der Waals surface area contributed by atoms with Gasteiger partial charge >= 0.3 is 0 Å². The molecule has 2 atom stereocenters. The third kappa shape index (κ3) is 3.31. The van der Waals surface area contributed by atoms with E-state index in [0.717, 1.165) is 26.2 Å². The Morgan fingerprint density at radius 1 is 1.32 bits per heavy atom. The van der Waals surface area contributed by atoms with E-state index in [4.69, 9.17) is 0 Å². The molecule has 1 amide bonds. The highest BCUT2D eigenvalue weighted by molar-refractivity contribution is 7.09. The highest BCUT2D eigenvalue weighted by Crippen LogP contribution is 2.42. The van der Waals surface area contributed by atoms with Crippen LogP contribution in [-0.2, 0) is 17.9 Å². The zero-order chi connectivity index (χ0) is 17.3. The maximum atomic E-state index is 12.5. The first-order chi connectivity index (χ1) is 12.2. The van der Waals surface area contributed by atoms with E-state index in [9.17, 15) is 9.90 Å². The predicted molar refractivity (Wildman–Crippen MR) is 91.6 cm³/mol. The zero-order valence-electron chi connectivity index (χ0n) is 14.0. The van der Waals surface area contributed by atoms with Crippen molar-refractivity contribution in [3.05, 3.63) is 29.2 Å². The molecule has 2 fully saturated rings. The Labute approximate surface area is 150 Å². The molecule has 2 aromatic rings. The van der Waals surface area contributed by atoms with Crippen LogP contribution in [0.3, 0.4) is 0 Å². The zero-order valence-corrected chi connectivity index (χ0v) is 14.8. The number of aliphatic hydroxyl groups is 1. The number of aliphatic hydroxyl groups excluding tert-OH is 1. The number of thiazole rings is 1. The molecule has 0 unspecified atom stereocenters. The Balaban J connectivity index is 1.35. The van der Waals surface area contributed by atoms with Gasteiger partial charge in [-0.05, 0) is 5.92 Å². The number of hydrogen-bond acceptors (Lipinski definition) is 7. The van der Waals surface area contributed by atoms with E-state index in [-0.39, 0.29) is 17.9 Å². The molecule has 0 saturated carbocycles. The van der Waals surface area contributed by atoms with E-state index in [2.05, 4.69) is 20.1 Å². The number of amides is 1. The summed E-state index contributed by atoms with van der Waals surface area (Å²) in [4.78, 5) is 22.2. The first-order valence-corrected chi connectivity index (χ1v) is 9.37. The minimum absolute atomic E-state index is 0.131. The van der Waals surface area contributed by atoms with Crippen LogP contribution >= 0.6 is 11.3 Å². The van der Waals surface area contributed by atoms with Gasteiger partial charge in [0.25, 0.3) is 0 Å². The van der Waals surface area contributed by atoms with Crippen molar-refractivity contribution >= 4 is 17.2 Å². The van der Waals surface area contributed by atoms with E-state index in [0.29, 0.717) is 25.4 Å². The van der Waals surface area contributed by atoms with Crippen LogP contribution in [0.25, 0.3) is 0 Å². The van der Waals surface area contributed by atoms with Gasteiger partial charge in [-0.15, -0.1) is 21.5 Å². The largest absolute Gasteiger partial charge is 0.396 e. The number of hydrogen-bond donors (Lipinski definition) is 1. The van der Waals surface area contributed by atoms with Crippen LogP contribution in [0.2, 0.25) is 0 Å². The van der Waals surface area contributed by atoms with E-state index in [1.807, 2.05) is 21.2 Å². The summed E-state index contributed by atoms with van der Waals surface area (Å²) >= 11 is 1.66. The summed E-state index contributed by atoms with van der Waals surface area (Å²) in [7, 11) is 0. The number of likely N-dealkylation sites (tertiary alicyclic amines) is 2. The van der Waals surface area contributed by atoms with Crippen LogP contribution in [0.4, 0.5) is 0 Å². The van der Waals surface area contributed by atoms with Gasteiger partial charge in [-0.2, -0.15) is 0 Å². The quantitative estimate of drug-likeness (QED) is 0.783. The third-order valence-electron chi connectivity index (χ3n) is 5.41. The van der Waals surface area contributed by atoms with Gasteiger partial charge in [0, 0.05) is 62.2 Å². The van der Waals surface area contributed by atoms with Crippen molar-refractivity contribution in [1.29, 1.82) is 0 Å². The van der Waals surface area contributed by atoms with Crippen molar-refractivity contribution in [2.45, 2.75) is 19.5 Å². The molecule has 8 nitrogen and oxygen atoms in total. The first kappa shape index (κ1) is 16.6. The number of aromatic nitrogens is 4. The van der Waals surface area contributed by atoms with Crippen LogP contribution in [-0.4, -0.2) is 73.3 Å². The number of carbonyl (C=O) groups is 1. The number of fused-ring (bicyclic) bond motifs is 1. The summed E-state index contributed by atoms with van der Waals surface area (Å²) in [5.74, 6) is 0.481. The number of carbonyl (C=O) groups excluding carboxylic acids is 1. The Morgan fingerprint density at radius 2 is 2.16 bits per heavy atom. The van der Waals surface area contributed by atoms with E-state index in [1.54, 1.807) is 24.0 Å². The lowest BCUT2D eigenvalue weighted by Gasteiger charge is -2.27. The highest BCUT2D eigenvalue weighted by Gasteiger charge is 2.52. The molecule has 0 spiro atoms. The molecule has 134 valence electrons. The average Bonchev–Trinajstić information content (AvgIpc) is 3.37. The van der Waals surface area contributed by atoms with Crippen molar-refractivity contribution in [2.75, 3.05) is 32.8 Å². The minimum atomic E-state index is -0.184. The number of nitrogens with zero attached hydrogens (tertiary/aromatic N) is 6. The standard InChI is InChI=1S/C16H22N6O2S/c23-9-16-7-21(6-14-3-17-12-25-14)4-13(16)5-22(8-16)15(24)1-2-20-10-18-19-11-20/h3,10-13,23H,1-2,4-9H2/t13-,16+/m0/s1. The number of rotatable bonds is 6. The molecule has 9 heteroatoms. The molecule has 25 heavy (non-hydrogen) atoms. The molecule has 1 N–H and O–H groups in total. The predicted octanol–water partition coefficient (Wildman–Crippen LogP) is 0.0776.